The van der Waals surface area contributed by atoms with Crippen molar-refractivity contribution >= 4 is 28.2 Å². The average molecular weight is 678 g/mol. The molecule has 0 saturated carbocycles. The molecule has 0 bridgehead atoms. The lowest BCUT2D eigenvalue weighted by molar-refractivity contribution is 0.0129. The molecule has 0 radical (unpaired) electrons. The number of hydrogen-bond donors (Lipinski definition) is 1. The fourth-order valence-electron chi connectivity index (χ4n) is 7.38. The Morgan fingerprint density at radius 3 is 2.67 bits per heavy atom. The maximum Gasteiger partial charge on any atom is 0.410 e. The number of ether oxygens (including phenoxy) is 2. The maximum absolute atomic E-state index is 13.0. The van der Waals surface area contributed by atoms with Crippen molar-refractivity contribution in [2.45, 2.75) is 116 Å². The third-order valence-electron chi connectivity index (χ3n) is 9.89. The van der Waals surface area contributed by atoms with Gasteiger partial charge < -0.3 is 29.5 Å². The van der Waals surface area contributed by atoms with Crippen LogP contribution in [0, 0.1) is 11.3 Å². The molecule has 2 aliphatic heterocycles. The second-order valence-corrected chi connectivity index (χ2v) is 15.9. The van der Waals surface area contributed by atoms with E-state index in [1.54, 1.807) is 4.90 Å². The molecule has 2 N–H and O–H groups in total. The Balaban J connectivity index is 1.35. The van der Waals surface area contributed by atoms with E-state index in [1.165, 1.54) is 11.3 Å². The highest BCUT2D eigenvalue weighted by Crippen LogP contribution is 2.48. The number of likely N-dealkylation sites (tertiary alicyclic amines) is 1. The van der Waals surface area contributed by atoms with Crippen molar-refractivity contribution in [1.82, 2.24) is 29.9 Å². The summed E-state index contributed by atoms with van der Waals surface area (Å²) in [5, 5.41) is 14.9. The minimum atomic E-state index is -0.656. The molecule has 0 aromatic carbocycles. The number of aromatic nitrogens is 4. The van der Waals surface area contributed by atoms with Gasteiger partial charge in [0.1, 0.15) is 34.3 Å². The molecule has 3 aliphatic rings. The molecular weight excluding hydrogens is 630 g/mol. The van der Waals surface area contributed by atoms with Gasteiger partial charge in [-0.2, -0.15) is 20.2 Å². The van der Waals surface area contributed by atoms with Gasteiger partial charge in [0.2, 0.25) is 11.7 Å². The van der Waals surface area contributed by atoms with E-state index in [2.05, 4.69) is 41.9 Å². The lowest BCUT2D eigenvalue weighted by Gasteiger charge is -2.44. The Hall–Kier alpha value is -3.96. The van der Waals surface area contributed by atoms with Gasteiger partial charge in [-0.25, -0.2) is 4.79 Å². The average Bonchev–Trinajstić information content (AvgIpc) is 3.76. The van der Waals surface area contributed by atoms with E-state index in [4.69, 9.17) is 34.7 Å². The van der Waals surface area contributed by atoms with Crippen molar-refractivity contribution < 1.29 is 18.8 Å². The highest BCUT2D eigenvalue weighted by molar-refractivity contribution is 7.16. The molecule has 258 valence electrons. The predicted octanol–water partition coefficient (Wildman–Crippen LogP) is 5.38. The molecule has 2 saturated heterocycles. The number of aryl methyl sites for hydroxylation is 1. The van der Waals surface area contributed by atoms with Crippen LogP contribution < -0.4 is 15.4 Å². The van der Waals surface area contributed by atoms with Crippen molar-refractivity contribution in [2.75, 3.05) is 37.3 Å². The first-order valence-electron chi connectivity index (χ1n) is 16.9. The lowest BCUT2D eigenvalue weighted by Crippen LogP contribution is -2.59. The van der Waals surface area contributed by atoms with Crippen molar-refractivity contribution in [2.24, 2.45) is 0 Å². The molecule has 1 aliphatic carbocycles. The van der Waals surface area contributed by atoms with E-state index >= 15 is 0 Å². The zero-order chi connectivity index (χ0) is 34.5. The fraction of sp³-hybridized carbons (Fsp3) is 0.647. The second kappa shape index (κ2) is 12.8. The summed E-state index contributed by atoms with van der Waals surface area (Å²) in [6.07, 6.45) is 4.22. The molecule has 48 heavy (non-hydrogen) atoms. The number of nitrogens with zero attached hydrogens (tertiary/aromatic N) is 8. The van der Waals surface area contributed by atoms with Gasteiger partial charge in [0, 0.05) is 47.7 Å². The first-order chi connectivity index (χ1) is 22.7. The zero-order valence-electron chi connectivity index (χ0n) is 29.2. The van der Waals surface area contributed by atoms with E-state index in [0.717, 1.165) is 49.1 Å². The summed E-state index contributed by atoms with van der Waals surface area (Å²) >= 11 is 1.47. The molecule has 5 heterocycles. The van der Waals surface area contributed by atoms with E-state index < -0.39 is 11.0 Å². The molecule has 6 rings (SSSR count). The van der Waals surface area contributed by atoms with E-state index in [1.807, 2.05) is 40.7 Å². The molecule has 0 unspecified atom stereocenters. The van der Waals surface area contributed by atoms with E-state index in [-0.39, 0.29) is 36.3 Å². The van der Waals surface area contributed by atoms with E-state index in [0.29, 0.717) is 46.9 Å². The number of likely N-dealkylation sites (N-methyl/N-ethyl adjacent to an activating group) is 1. The second-order valence-electron chi connectivity index (χ2n) is 14.8. The smallest absolute Gasteiger partial charge is 0.410 e. The monoisotopic (exact) mass is 677 g/mol. The van der Waals surface area contributed by atoms with Crippen LogP contribution in [0.1, 0.15) is 96.0 Å². The molecule has 2 fully saturated rings. The van der Waals surface area contributed by atoms with Gasteiger partial charge in [0.15, 0.2) is 0 Å². The first kappa shape index (κ1) is 33.9. The minimum absolute atomic E-state index is 0.0726. The molecule has 13 nitrogen and oxygen atoms in total. The Kier molecular flexibility index (Phi) is 9.06. The summed E-state index contributed by atoms with van der Waals surface area (Å²) < 4.78 is 18.1. The predicted molar refractivity (Wildman–Crippen MR) is 183 cm³/mol. The summed E-state index contributed by atoms with van der Waals surface area (Å²) in [7, 11) is 2.12. The first-order valence-corrected chi connectivity index (χ1v) is 17.7. The normalized spacial score (nSPS) is 25.4. The van der Waals surface area contributed by atoms with Crippen molar-refractivity contribution in [3.8, 4) is 23.6 Å². The van der Waals surface area contributed by atoms with Gasteiger partial charge in [-0.05, 0) is 94.2 Å². The van der Waals surface area contributed by atoms with Gasteiger partial charge in [-0.1, -0.05) is 5.16 Å². The van der Waals surface area contributed by atoms with Crippen LogP contribution in [0.3, 0.4) is 0 Å². The number of carbonyl (C=O) groups excluding carboxylic acids is 1. The summed E-state index contributed by atoms with van der Waals surface area (Å²) in [6, 6.07) is 4.45. The Labute approximate surface area is 286 Å². The SMILES string of the molecule is C[C@H](Oc1nc(-c2noc([C@@]3(C)CCCc4sc(N)c(C#N)c43)n2)cc(N2C[C@@H](C)N(C(=O)OC(C)(C)C)C[C@@H]2C)n1)[C@@H]1CCCN1C. The largest absolute Gasteiger partial charge is 0.459 e. The zero-order valence-corrected chi connectivity index (χ0v) is 30.1. The number of thiophene rings is 1. The van der Waals surface area contributed by atoms with Crippen LogP contribution in [0.2, 0.25) is 0 Å². The topological polar surface area (TPSA) is 160 Å². The minimum Gasteiger partial charge on any atom is -0.459 e. The number of nitrogen functional groups attached to an aromatic ring is 1. The summed E-state index contributed by atoms with van der Waals surface area (Å²) in [5.41, 5.74) is 6.88. The number of nitriles is 1. The third kappa shape index (κ3) is 6.42. The van der Waals surface area contributed by atoms with Crippen molar-refractivity contribution in [1.29, 1.82) is 5.26 Å². The van der Waals surface area contributed by atoms with Crippen LogP contribution in [-0.4, -0.2) is 92.5 Å². The highest BCUT2D eigenvalue weighted by Gasteiger charge is 2.43. The Morgan fingerprint density at radius 1 is 1.21 bits per heavy atom. The van der Waals surface area contributed by atoms with Gasteiger partial charge in [0.25, 0.3) is 0 Å². The number of amides is 1. The number of hydrogen-bond acceptors (Lipinski definition) is 13. The van der Waals surface area contributed by atoms with Crippen LogP contribution >= 0.6 is 11.3 Å². The molecule has 3 aromatic heterocycles. The van der Waals surface area contributed by atoms with Crippen LogP contribution in [-0.2, 0) is 16.6 Å². The number of rotatable bonds is 6. The van der Waals surface area contributed by atoms with Crippen molar-refractivity contribution in [3.05, 3.63) is 28.0 Å². The number of piperazine rings is 1. The van der Waals surface area contributed by atoms with Crippen LogP contribution in [0.15, 0.2) is 10.6 Å². The molecule has 14 heteroatoms. The Morgan fingerprint density at radius 2 is 1.98 bits per heavy atom. The lowest BCUT2D eigenvalue weighted by atomic mass is 9.72. The summed E-state index contributed by atoms with van der Waals surface area (Å²) in [4.78, 5) is 35.0. The summed E-state index contributed by atoms with van der Waals surface area (Å²) in [6.45, 7) is 15.8. The molecule has 0 spiro atoms. The molecule has 5 atom stereocenters. The van der Waals surface area contributed by atoms with Gasteiger partial charge >= 0.3 is 12.1 Å². The third-order valence-corrected chi connectivity index (χ3v) is 11.0. The molecule has 3 aromatic rings. The van der Waals surface area contributed by atoms with Crippen LogP contribution in [0.25, 0.3) is 11.5 Å². The van der Waals surface area contributed by atoms with Gasteiger partial charge in [-0.15, -0.1) is 11.3 Å². The standard InChI is InChI=1S/C34H47N9O4S/c1-19-18-43(32(44)46-33(4,5)6)20(2)17-42(19)26-15-23(37-31(38-26)45-21(3)24-11-10-14-41(24)8)29-39-30(47-40-29)34(7)13-9-12-25-27(34)22(16-35)28(36)48-25/h15,19-21,24H,9-14,17-18,36H2,1-8H3/t19-,20+,21-,24-,34-/m0/s1. The quantitative estimate of drug-likeness (QED) is 0.355. The number of fused-ring (bicyclic) bond motifs is 1. The number of carbonyl (C=O) groups is 1. The van der Waals surface area contributed by atoms with Gasteiger partial charge in [0.05, 0.1) is 11.0 Å². The fourth-order valence-corrected chi connectivity index (χ4v) is 8.57. The number of anilines is 2. The van der Waals surface area contributed by atoms with Crippen LogP contribution in [0.4, 0.5) is 15.6 Å². The summed E-state index contributed by atoms with van der Waals surface area (Å²) in [5.74, 6) is 1.39. The number of nitrogens with two attached hydrogens (primary N) is 1. The molecule has 1 amide bonds. The maximum atomic E-state index is 13.0. The van der Waals surface area contributed by atoms with E-state index in [9.17, 15) is 10.1 Å². The van der Waals surface area contributed by atoms with Crippen molar-refractivity contribution in [3.63, 3.8) is 0 Å². The highest BCUT2D eigenvalue weighted by atomic mass is 32.1. The van der Waals surface area contributed by atoms with Crippen LogP contribution in [0.5, 0.6) is 6.01 Å². The molecular formula is C34H47N9O4S. The van der Waals surface area contributed by atoms with Gasteiger partial charge in [-0.3, -0.25) is 4.90 Å². The Bertz CT molecular complexity index is 1710.